The molecule has 2 aromatic rings. The molecule has 1 fully saturated rings. The highest BCUT2D eigenvalue weighted by molar-refractivity contribution is 6.34. The van der Waals surface area contributed by atoms with Gasteiger partial charge in [0.15, 0.2) is 0 Å². The number of nitrogens with zero attached hydrogens (tertiary/aromatic N) is 2. The van der Waals surface area contributed by atoms with Gasteiger partial charge in [-0.2, -0.15) is 0 Å². The predicted molar refractivity (Wildman–Crippen MR) is 76.0 cm³/mol. The van der Waals surface area contributed by atoms with Gasteiger partial charge in [0.25, 0.3) is 5.56 Å². The molecule has 1 aromatic carbocycles. The number of fused-ring (bicyclic) bond motifs is 1. The molecule has 6 heteroatoms. The molecule has 0 aliphatic carbocycles. The van der Waals surface area contributed by atoms with Crippen molar-refractivity contribution < 1.29 is 9.84 Å². The Labute approximate surface area is 120 Å². The Balaban J connectivity index is 2.00. The van der Waals surface area contributed by atoms with E-state index in [1.807, 2.05) is 0 Å². The molecule has 5 nitrogen and oxygen atoms in total. The molecule has 1 aliphatic rings. The lowest BCUT2D eigenvalue weighted by Gasteiger charge is -2.32. The average molecular weight is 295 g/mol. The van der Waals surface area contributed by atoms with Crippen LogP contribution >= 0.6 is 11.6 Å². The third kappa shape index (κ3) is 2.44. The van der Waals surface area contributed by atoms with E-state index in [0.29, 0.717) is 29.0 Å². The van der Waals surface area contributed by atoms with Crippen molar-refractivity contribution in [3.05, 3.63) is 39.9 Å². The molecule has 0 radical (unpaired) electrons. The Morgan fingerprint density at radius 3 is 3.10 bits per heavy atom. The third-order valence-electron chi connectivity index (χ3n) is 3.57. The molecule has 0 amide bonds. The molecule has 1 N–H and O–H groups in total. The number of aromatic nitrogens is 2. The van der Waals surface area contributed by atoms with Gasteiger partial charge in [0, 0.05) is 6.61 Å². The van der Waals surface area contributed by atoms with Crippen LogP contribution in [0.25, 0.3) is 10.9 Å². The van der Waals surface area contributed by atoms with Crippen molar-refractivity contribution >= 4 is 22.5 Å². The Morgan fingerprint density at radius 1 is 1.50 bits per heavy atom. The molecule has 1 aromatic heterocycles. The minimum absolute atomic E-state index is 0.182. The van der Waals surface area contributed by atoms with Crippen LogP contribution in [0, 0.1) is 0 Å². The molecule has 0 bridgehead atoms. The van der Waals surface area contributed by atoms with E-state index in [4.69, 9.17) is 16.3 Å². The highest BCUT2D eigenvalue weighted by Crippen LogP contribution is 2.22. The number of halogens is 1. The minimum Gasteiger partial charge on any atom is -0.386 e. The molecule has 0 spiro atoms. The minimum atomic E-state index is -1.00. The van der Waals surface area contributed by atoms with Crippen LogP contribution < -0.4 is 5.56 Å². The number of ether oxygens (including phenoxy) is 1. The van der Waals surface area contributed by atoms with Gasteiger partial charge in [0.05, 0.1) is 35.4 Å². The zero-order chi connectivity index (χ0) is 14.2. The summed E-state index contributed by atoms with van der Waals surface area (Å²) in [6.07, 6.45) is 2.84. The molecule has 1 aliphatic heterocycles. The van der Waals surface area contributed by atoms with Crippen LogP contribution in [0.3, 0.4) is 0 Å². The van der Waals surface area contributed by atoms with Gasteiger partial charge in [-0.3, -0.25) is 9.36 Å². The summed E-state index contributed by atoms with van der Waals surface area (Å²) < 4.78 is 6.72. The number of hydrogen-bond donors (Lipinski definition) is 1. The highest BCUT2D eigenvalue weighted by atomic mass is 35.5. The van der Waals surface area contributed by atoms with Gasteiger partial charge < -0.3 is 9.84 Å². The summed E-state index contributed by atoms with van der Waals surface area (Å²) in [5, 5.41) is 11.3. The predicted octanol–water partition coefficient (Wildman–Crippen LogP) is 1.59. The van der Waals surface area contributed by atoms with E-state index in [1.165, 1.54) is 10.9 Å². The van der Waals surface area contributed by atoms with E-state index in [9.17, 15) is 9.90 Å². The molecule has 1 saturated heterocycles. The van der Waals surface area contributed by atoms with Crippen molar-refractivity contribution in [1.29, 1.82) is 0 Å². The number of hydrogen-bond acceptors (Lipinski definition) is 4. The maximum absolute atomic E-state index is 12.4. The summed E-state index contributed by atoms with van der Waals surface area (Å²) in [6, 6.07) is 5.11. The lowest BCUT2D eigenvalue weighted by atomic mass is 9.96. The van der Waals surface area contributed by atoms with Crippen molar-refractivity contribution in [3.63, 3.8) is 0 Å². The second-order valence-electron chi connectivity index (χ2n) is 5.19. The van der Waals surface area contributed by atoms with Crippen LogP contribution in [-0.2, 0) is 11.3 Å². The van der Waals surface area contributed by atoms with Crippen molar-refractivity contribution in [3.8, 4) is 0 Å². The summed E-state index contributed by atoms with van der Waals surface area (Å²) in [5.41, 5.74) is -0.713. The van der Waals surface area contributed by atoms with Gasteiger partial charge in [-0.25, -0.2) is 4.98 Å². The first-order valence-electron chi connectivity index (χ1n) is 6.53. The number of para-hydroxylation sites is 1. The van der Waals surface area contributed by atoms with Crippen LogP contribution in [0.15, 0.2) is 29.3 Å². The smallest absolute Gasteiger partial charge is 0.261 e. The first-order valence-corrected chi connectivity index (χ1v) is 6.91. The number of benzene rings is 1. The largest absolute Gasteiger partial charge is 0.386 e. The molecule has 106 valence electrons. The van der Waals surface area contributed by atoms with Gasteiger partial charge in [0.2, 0.25) is 0 Å². The van der Waals surface area contributed by atoms with Gasteiger partial charge in [-0.05, 0) is 25.0 Å². The zero-order valence-corrected chi connectivity index (χ0v) is 11.6. The summed E-state index contributed by atoms with van der Waals surface area (Å²) in [5.74, 6) is 0. The van der Waals surface area contributed by atoms with E-state index in [-0.39, 0.29) is 18.7 Å². The fourth-order valence-electron chi connectivity index (χ4n) is 2.55. The van der Waals surface area contributed by atoms with Crippen molar-refractivity contribution in [2.45, 2.75) is 25.0 Å². The Morgan fingerprint density at radius 2 is 2.35 bits per heavy atom. The van der Waals surface area contributed by atoms with E-state index >= 15 is 0 Å². The molecule has 20 heavy (non-hydrogen) atoms. The van der Waals surface area contributed by atoms with Crippen molar-refractivity contribution in [2.24, 2.45) is 0 Å². The fraction of sp³-hybridized carbons (Fsp3) is 0.429. The van der Waals surface area contributed by atoms with Crippen molar-refractivity contribution in [1.82, 2.24) is 9.55 Å². The van der Waals surface area contributed by atoms with Gasteiger partial charge in [-0.1, -0.05) is 17.7 Å². The Kier molecular flexibility index (Phi) is 3.50. The molecule has 1 atom stereocenters. The first kappa shape index (κ1) is 13.5. The summed E-state index contributed by atoms with van der Waals surface area (Å²) >= 11 is 6.02. The summed E-state index contributed by atoms with van der Waals surface area (Å²) in [6.45, 7) is 1.08. The van der Waals surface area contributed by atoms with Crippen LogP contribution in [0.4, 0.5) is 0 Å². The van der Waals surface area contributed by atoms with E-state index in [2.05, 4.69) is 4.98 Å². The van der Waals surface area contributed by atoms with Crippen LogP contribution in [-0.4, -0.2) is 33.5 Å². The average Bonchev–Trinajstić information content (AvgIpc) is 2.43. The molecular weight excluding hydrogens is 280 g/mol. The van der Waals surface area contributed by atoms with Gasteiger partial charge in [0.1, 0.15) is 5.60 Å². The Bertz CT molecular complexity index is 692. The van der Waals surface area contributed by atoms with Gasteiger partial charge >= 0.3 is 0 Å². The normalized spacial score (nSPS) is 23.1. The molecule has 0 saturated carbocycles. The summed E-state index contributed by atoms with van der Waals surface area (Å²) in [7, 11) is 0. The monoisotopic (exact) mass is 294 g/mol. The van der Waals surface area contributed by atoms with E-state index in [1.54, 1.807) is 18.2 Å². The maximum Gasteiger partial charge on any atom is 0.261 e. The fourth-order valence-corrected chi connectivity index (χ4v) is 2.77. The number of aliphatic hydroxyl groups is 1. The standard InChI is InChI=1S/C14H15ClN2O3/c15-11-4-1-3-10-12(11)16-9-17(13(10)18)7-14(19)5-2-6-20-8-14/h1,3-4,9,19H,2,5-8H2. The quantitative estimate of drug-likeness (QED) is 0.913. The third-order valence-corrected chi connectivity index (χ3v) is 3.88. The van der Waals surface area contributed by atoms with Crippen LogP contribution in [0.5, 0.6) is 0 Å². The lowest BCUT2D eigenvalue weighted by molar-refractivity contribution is -0.0947. The second kappa shape index (κ2) is 5.16. The SMILES string of the molecule is O=c1c2cccc(Cl)c2ncn1CC1(O)CCCOC1. The van der Waals surface area contributed by atoms with E-state index in [0.717, 1.165) is 6.42 Å². The molecular formula is C14H15ClN2O3. The molecule has 2 heterocycles. The van der Waals surface area contributed by atoms with Gasteiger partial charge in [-0.15, -0.1) is 0 Å². The first-order chi connectivity index (χ1) is 9.59. The topological polar surface area (TPSA) is 64.4 Å². The molecule has 1 unspecified atom stereocenters. The summed E-state index contributed by atoms with van der Waals surface area (Å²) in [4.78, 5) is 16.6. The molecule has 3 rings (SSSR count). The van der Waals surface area contributed by atoms with E-state index < -0.39 is 5.60 Å². The second-order valence-corrected chi connectivity index (χ2v) is 5.60. The van der Waals surface area contributed by atoms with Crippen LogP contribution in [0.2, 0.25) is 5.02 Å². The Hall–Kier alpha value is -1.43. The van der Waals surface area contributed by atoms with Crippen LogP contribution in [0.1, 0.15) is 12.8 Å². The number of rotatable bonds is 2. The zero-order valence-electron chi connectivity index (χ0n) is 10.9. The maximum atomic E-state index is 12.4. The lowest BCUT2D eigenvalue weighted by Crippen LogP contribution is -2.44. The van der Waals surface area contributed by atoms with Crippen molar-refractivity contribution in [2.75, 3.05) is 13.2 Å². The highest BCUT2D eigenvalue weighted by Gasteiger charge is 2.31.